The number of halogens is 1. The van der Waals surface area contributed by atoms with Crippen LogP contribution in [0.5, 0.6) is 5.75 Å². The summed E-state index contributed by atoms with van der Waals surface area (Å²) >= 11 is 8.48. The largest absolute Gasteiger partial charge is 0.490 e. The zero-order valence-electron chi connectivity index (χ0n) is 10.0. The van der Waals surface area contributed by atoms with Gasteiger partial charge in [0.1, 0.15) is 17.3 Å². The second-order valence-corrected chi connectivity index (χ2v) is 5.57. The number of rotatable bonds is 4. The summed E-state index contributed by atoms with van der Waals surface area (Å²) in [6.45, 7) is 1.38. The summed E-state index contributed by atoms with van der Waals surface area (Å²) in [5.74, 6) is 0.714. The van der Waals surface area contributed by atoms with Gasteiger partial charge in [0, 0.05) is 11.1 Å². The Hall–Kier alpha value is -0.650. The molecule has 0 radical (unpaired) electrons. The van der Waals surface area contributed by atoms with Gasteiger partial charge in [0.2, 0.25) is 0 Å². The van der Waals surface area contributed by atoms with E-state index in [1.165, 1.54) is 6.42 Å². The SMILES string of the molecule is NC(=S)c1c(Br)cccc1OCC1CCCCO1. The summed E-state index contributed by atoms with van der Waals surface area (Å²) in [5.41, 5.74) is 6.47. The fraction of sp³-hybridized carbons (Fsp3) is 0.462. The standard InChI is InChI=1S/C13H16BrNO2S/c14-10-5-3-6-11(12(10)13(15)18)17-8-9-4-1-2-7-16-9/h3,5-6,9H,1-2,4,7-8H2,(H2,15,18). The van der Waals surface area contributed by atoms with Crippen molar-refractivity contribution in [2.24, 2.45) is 5.73 Å². The van der Waals surface area contributed by atoms with Crippen LogP contribution in [-0.4, -0.2) is 24.3 Å². The normalized spacial score (nSPS) is 19.5. The lowest BCUT2D eigenvalue weighted by Crippen LogP contribution is -2.26. The van der Waals surface area contributed by atoms with Gasteiger partial charge in [0.25, 0.3) is 0 Å². The Balaban J connectivity index is 2.04. The minimum atomic E-state index is 0.178. The van der Waals surface area contributed by atoms with Crippen LogP contribution in [0.4, 0.5) is 0 Å². The van der Waals surface area contributed by atoms with Crippen LogP contribution >= 0.6 is 28.1 Å². The van der Waals surface area contributed by atoms with Gasteiger partial charge in [-0.05, 0) is 47.3 Å². The number of hydrogen-bond donors (Lipinski definition) is 1. The van der Waals surface area contributed by atoms with Crippen LogP contribution in [0.1, 0.15) is 24.8 Å². The fourth-order valence-corrected chi connectivity index (χ4v) is 2.89. The third kappa shape index (κ3) is 3.43. The van der Waals surface area contributed by atoms with E-state index in [2.05, 4.69) is 15.9 Å². The molecule has 1 aromatic carbocycles. The molecular formula is C13H16BrNO2S. The van der Waals surface area contributed by atoms with Gasteiger partial charge in [-0.3, -0.25) is 0 Å². The Morgan fingerprint density at radius 1 is 1.50 bits per heavy atom. The molecule has 98 valence electrons. The fourth-order valence-electron chi connectivity index (χ4n) is 1.99. The summed E-state index contributed by atoms with van der Waals surface area (Å²) in [6.07, 6.45) is 3.58. The van der Waals surface area contributed by atoms with Crippen molar-refractivity contribution < 1.29 is 9.47 Å². The van der Waals surface area contributed by atoms with E-state index in [-0.39, 0.29) is 6.10 Å². The van der Waals surface area contributed by atoms with Gasteiger partial charge in [-0.2, -0.15) is 0 Å². The molecular weight excluding hydrogens is 314 g/mol. The molecule has 0 amide bonds. The first-order valence-corrected chi connectivity index (χ1v) is 7.21. The second-order valence-electron chi connectivity index (χ2n) is 4.28. The zero-order chi connectivity index (χ0) is 13.0. The minimum Gasteiger partial charge on any atom is -0.490 e. The van der Waals surface area contributed by atoms with Crippen molar-refractivity contribution in [3.8, 4) is 5.75 Å². The van der Waals surface area contributed by atoms with E-state index in [4.69, 9.17) is 27.4 Å². The van der Waals surface area contributed by atoms with E-state index >= 15 is 0 Å². The van der Waals surface area contributed by atoms with Crippen molar-refractivity contribution in [2.45, 2.75) is 25.4 Å². The highest BCUT2D eigenvalue weighted by Crippen LogP contribution is 2.27. The van der Waals surface area contributed by atoms with E-state index in [1.54, 1.807) is 0 Å². The summed E-state index contributed by atoms with van der Waals surface area (Å²) in [7, 11) is 0. The van der Waals surface area contributed by atoms with Crippen molar-refractivity contribution in [1.29, 1.82) is 0 Å². The smallest absolute Gasteiger partial charge is 0.130 e. The van der Waals surface area contributed by atoms with Crippen LogP contribution < -0.4 is 10.5 Å². The maximum Gasteiger partial charge on any atom is 0.130 e. The number of hydrogen-bond acceptors (Lipinski definition) is 3. The average molecular weight is 330 g/mol. The maximum atomic E-state index is 5.80. The summed E-state index contributed by atoms with van der Waals surface area (Å²) in [4.78, 5) is 0.335. The monoisotopic (exact) mass is 329 g/mol. The van der Waals surface area contributed by atoms with Crippen molar-refractivity contribution in [1.82, 2.24) is 0 Å². The van der Waals surface area contributed by atoms with E-state index in [0.29, 0.717) is 17.3 Å². The third-order valence-corrected chi connectivity index (χ3v) is 3.79. The first-order chi connectivity index (χ1) is 8.68. The number of nitrogens with two attached hydrogens (primary N) is 1. The summed E-state index contributed by atoms with van der Waals surface area (Å²) in [6, 6.07) is 5.68. The van der Waals surface area contributed by atoms with Gasteiger partial charge in [-0.25, -0.2) is 0 Å². The van der Waals surface area contributed by atoms with E-state index in [9.17, 15) is 0 Å². The molecule has 1 saturated heterocycles. The molecule has 1 aliphatic heterocycles. The molecule has 0 aromatic heterocycles. The first-order valence-electron chi connectivity index (χ1n) is 6.01. The molecule has 1 atom stereocenters. The Bertz CT molecular complexity index is 433. The Morgan fingerprint density at radius 2 is 2.33 bits per heavy atom. The first kappa shape index (κ1) is 13.8. The molecule has 1 aliphatic rings. The second kappa shape index (κ2) is 6.50. The lowest BCUT2D eigenvalue weighted by molar-refractivity contribution is -0.0111. The minimum absolute atomic E-state index is 0.178. The lowest BCUT2D eigenvalue weighted by atomic mass is 10.1. The van der Waals surface area contributed by atoms with E-state index in [0.717, 1.165) is 29.5 Å². The maximum absolute atomic E-state index is 5.80. The number of ether oxygens (including phenoxy) is 2. The molecule has 3 nitrogen and oxygen atoms in total. The van der Waals surface area contributed by atoms with E-state index in [1.807, 2.05) is 18.2 Å². The molecule has 0 bridgehead atoms. The van der Waals surface area contributed by atoms with Gasteiger partial charge in [-0.1, -0.05) is 18.3 Å². The lowest BCUT2D eigenvalue weighted by Gasteiger charge is -2.23. The van der Waals surface area contributed by atoms with Gasteiger partial charge < -0.3 is 15.2 Å². The molecule has 0 spiro atoms. The number of thiocarbonyl (C=S) groups is 1. The molecule has 0 saturated carbocycles. The molecule has 0 aliphatic carbocycles. The molecule has 1 aromatic rings. The average Bonchev–Trinajstić information content (AvgIpc) is 2.37. The van der Waals surface area contributed by atoms with Gasteiger partial charge >= 0.3 is 0 Å². The molecule has 1 unspecified atom stereocenters. The van der Waals surface area contributed by atoms with Crippen molar-refractivity contribution in [3.63, 3.8) is 0 Å². The van der Waals surface area contributed by atoms with Crippen LogP contribution in [0.2, 0.25) is 0 Å². The predicted octanol–water partition coefficient (Wildman–Crippen LogP) is 3.03. The van der Waals surface area contributed by atoms with Crippen LogP contribution in [0.3, 0.4) is 0 Å². The van der Waals surface area contributed by atoms with Crippen LogP contribution in [-0.2, 0) is 4.74 Å². The van der Waals surface area contributed by atoms with Crippen molar-refractivity contribution in [2.75, 3.05) is 13.2 Å². The zero-order valence-corrected chi connectivity index (χ0v) is 12.4. The van der Waals surface area contributed by atoms with Gasteiger partial charge in [0.15, 0.2) is 0 Å². The van der Waals surface area contributed by atoms with Crippen LogP contribution in [0.25, 0.3) is 0 Å². The Labute approximate surface area is 121 Å². The quantitative estimate of drug-likeness (QED) is 0.862. The summed E-state index contributed by atoms with van der Waals surface area (Å²) in [5, 5.41) is 0. The number of benzene rings is 1. The topological polar surface area (TPSA) is 44.5 Å². The molecule has 2 N–H and O–H groups in total. The van der Waals surface area contributed by atoms with Gasteiger partial charge in [-0.15, -0.1) is 0 Å². The highest BCUT2D eigenvalue weighted by atomic mass is 79.9. The molecule has 18 heavy (non-hydrogen) atoms. The molecule has 5 heteroatoms. The summed E-state index contributed by atoms with van der Waals surface area (Å²) < 4.78 is 12.3. The highest BCUT2D eigenvalue weighted by Gasteiger charge is 2.16. The van der Waals surface area contributed by atoms with Crippen molar-refractivity contribution in [3.05, 3.63) is 28.2 Å². The third-order valence-electron chi connectivity index (χ3n) is 2.92. The van der Waals surface area contributed by atoms with Crippen LogP contribution in [0, 0.1) is 0 Å². The Kier molecular flexibility index (Phi) is 4.97. The van der Waals surface area contributed by atoms with Gasteiger partial charge in [0.05, 0.1) is 11.7 Å². The Morgan fingerprint density at radius 3 is 3.00 bits per heavy atom. The predicted molar refractivity (Wildman–Crippen MR) is 79.1 cm³/mol. The van der Waals surface area contributed by atoms with E-state index < -0.39 is 0 Å². The highest BCUT2D eigenvalue weighted by molar-refractivity contribution is 9.10. The molecule has 1 heterocycles. The molecule has 1 fully saturated rings. The molecule has 2 rings (SSSR count). The van der Waals surface area contributed by atoms with Crippen LogP contribution in [0.15, 0.2) is 22.7 Å². The van der Waals surface area contributed by atoms with Crippen molar-refractivity contribution >= 4 is 33.1 Å².